The molecular weight excluding hydrogens is 452 g/mol. The number of carbonyl (C=O) groups is 2. The van der Waals surface area contributed by atoms with Gasteiger partial charge in [0.2, 0.25) is 0 Å². The Morgan fingerprint density at radius 3 is 1.33 bits per heavy atom. The summed E-state index contributed by atoms with van der Waals surface area (Å²) in [6, 6.07) is 0.791. The largest absolute Gasteiger partial charge is 0.462 e. The maximum absolute atomic E-state index is 12.4. The van der Waals surface area contributed by atoms with E-state index in [1.165, 1.54) is 0 Å². The molecule has 2 fully saturated rings. The second-order valence-electron chi connectivity index (χ2n) is 13.5. The highest BCUT2D eigenvalue weighted by molar-refractivity contribution is 5.69. The van der Waals surface area contributed by atoms with E-state index in [1.807, 2.05) is 0 Å². The molecule has 2 heterocycles. The molecule has 6 nitrogen and oxygen atoms in total. The molecule has 2 N–H and O–H groups in total. The van der Waals surface area contributed by atoms with Crippen molar-refractivity contribution in [1.29, 1.82) is 0 Å². The molecule has 2 aliphatic rings. The summed E-state index contributed by atoms with van der Waals surface area (Å²) in [5, 5.41) is 7.37. The van der Waals surface area contributed by atoms with Gasteiger partial charge in [-0.25, -0.2) is 0 Å². The van der Waals surface area contributed by atoms with Gasteiger partial charge in [-0.05, 0) is 52.4 Å². The molecule has 4 atom stereocenters. The van der Waals surface area contributed by atoms with Crippen molar-refractivity contribution in [3.05, 3.63) is 0 Å². The molecule has 0 aliphatic carbocycles. The molecule has 36 heavy (non-hydrogen) atoms. The van der Waals surface area contributed by atoms with Crippen molar-refractivity contribution in [1.82, 2.24) is 10.6 Å². The number of unbranched alkanes of at least 4 members (excludes halogenated alkanes) is 5. The molecule has 0 radical (unpaired) electrons. The van der Waals surface area contributed by atoms with E-state index in [9.17, 15) is 9.59 Å². The zero-order chi connectivity index (χ0) is 26.9. The summed E-state index contributed by atoms with van der Waals surface area (Å²) < 4.78 is 11.7. The Hall–Kier alpha value is -1.14. The molecule has 2 saturated heterocycles. The van der Waals surface area contributed by atoms with Crippen LogP contribution in [0.2, 0.25) is 0 Å². The Morgan fingerprint density at radius 1 is 0.667 bits per heavy atom. The van der Waals surface area contributed by atoms with Crippen LogP contribution in [-0.2, 0) is 19.1 Å². The highest BCUT2D eigenvalue weighted by Gasteiger charge is 2.37. The third kappa shape index (κ3) is 11.5. The fourth-order valence-electron chi connectivity index (χ4n) is 5.90. The van der Waals surface area contributed by atoms with Gasteiger partial charge in [0.25, 0.3) is 0 Å². The van der Waals surface area contributed by atoms with E-state index >= 15 is 0 Å². The summed E-state index contributed by atoms with van der Waals surface area (Å²) >= 11 is 0. The number of nitrogens with one attached hydrogen (secondary N) is 2. The first-order valence-corrected chi connectivity index (χ1v) is 14.7. The number of hydrogen-bond donors (Lipinski definition) is 2. The van der Waals surface area contributed by atoms with E-state index in [1.54, 1.807) is 0 Å². The molecule has 2 aliphatic heterocycles. The van der Waals surface area contributed by atoms with Crippen LogP contribution < -0.4 is 10.6 Å². The van der Waals surface area contributed by atoms with E-state index in [-0.39, 0.29) is 35.2 Å². The van der Waals surface area contributed by atoms with Crippen molar-refractivity contribution in [2.45, 2.75) is 168 Å². The van der Waals surface area contributed by atoms with E-state index < -0.39 is 0 Å². The number of piperidine rings is 2. The lowest BCUT2D eigenvalue weighted by Gasteiger charge is -2.42. The summed E-state index contributed by atoms with van der Waals surface area (Å²) in [5.41, 5.74) is 0.0104. The van der Waals surface area contributed by atoms with E-state index in [0.717, 1.165) is 64.2 Å². The molecule has 2 rings (SSSR count). The number of esters is 2. The molecule has 0 saturated carbocycles. The Labute approximate surface area is 221 Å². The van der Waals surface area contributed by atoms with Crippen molar-refractivity contribution >= 4 is 11.9 Å². The van der Waals surface area contributed by atoms with Crippen LogP contribution >= 0.6 is 0 Å². The zero-order valence-corrected chi connectivity index (χ0v) is 24.6. The first-order valence-electron chi connectivity index (χ1n) is 14.7. The van der Waals surface area contributed by atoms with Gasteiger partial charge in [-0.2, -0.15) is 0 Å². The smallest absolute Gasteiger partial charge is 0.306 e. The Morgan fingerprint density at radius 2 is 1.00 bits per heavy atom. The van der Waals surface area contributed by atoms with Gasteiger partial charge in [0.05, 0.1) is 0 Å². The molecule has 0 aromatic rings. The molecule has 6 heteroatoms. The topological polar surface area (TPSA) is 76.7 Å². The summed E-state index contributed by atoms with van der Waals surface area (Å²) in [4.78, 5) is 24.7. The highest BCUT2D eigenvalue weighted by Crippen LogP contribution is 2.29. The minimum atomic E-state index is -0.0521. The van der Waals surface area contributed by atoms with Crippen LogP contribution in [0.4, 0.5) is 0 Å². The van der Waals surface area contributed by atoms with E-state index in [2.05, 4.69) is 66.0 Å². The SMILES string of the molecule is CC(C)C1CC(OC(=O)CCCCCCCCC(=O)OC2CC(C(C)C)NC(C)(C)C2)CC(C)(C)N1. The quantitative estimate of drug-likeness (QED) is 0.224. The van der Waals surface area contributed by atoms with Crippen LogP contribution in [0.25, 0.3) is 0 Å². The van der Waals surface area contributed by atoms with E-state index in [4.69, 9.17) is 9.47 Å². The second kappa shape index (κ2) is 14.1. The summed E-state index contributed by atoms with van der Waals surface area (Å²) in [6.45, 7) is 17.7. The minimum Gasteiger partial charge on any atom is -0.462 e. The van der Waals surface area contributed by atoms with Crippen LogP contribution in [0.1, 0.15) is 132 Å². The third-order valence-corrected chi connectivity index (χ3v) is 7.88. The lowest BCUT2D eigenvalue weighted by Crippen LogP contribution is -2.56. The van der Waals surface area contributed by atoms with Crippen LogP contribution in [0.15, 0.2) is 0 Å². The summed E-state index contributed by atoms with van der Waals surface area (Å²) in [6.07, 6.45) is 10.6. The number of rotatable bonds is 13. The zero-order valence-electron chi connectivity index (χ0n) is 24.6. The second-order valence-corrected chi connectivity index (χ2v) is 13.5. The lowest BCUT2D eigenvalue weighted by atomic mass is 9.83. The third-order valence-electron chi connectivity index (χ3n) is 7.88. The number of carbonyl (C=O) groups excluding carboxylic acids is 2. The fraction of sp³-hybridized carbons (Fsp3) is 0.933. The molecule has 0 spiro atoms. The van der Waals surface area contributed by atoms with Gasteiger partial charge in [-0.3, -0.25) is 9.59 Å². The number of hydrogen-bond acceptors (Lipinski definition) is 6. The standard InChI is InChI=1S/C30H56N2O4/c1-21(2)25-17-23(19-29(5,6)31-25)35-27(33)15-13-11-9-10-12-14-16-28(34)36-24-18-26(22(3)4)32-30(7,8)20-24/h21-26,31-32H,9-20H2,1-8H3. The Balaban J connectivity index is 1.53. The van der Waals surface area contributed by atoms with Crippen LogP contribution in [0, 0.1) is 11.8 Å². The Bertz CT molecular complexity index is 630. The maximum Gasteiger partial charge on any atom is 0.306 e. The van der Waals surface area contributed by atoms with Gasteiger partial charge in [-0.15, -0.1) is 0 Å². The summed E-state index contributed by atoms with van der Waals surface area (Å²) in [7, 11) is 0. The van der Waals surface area contributed by atoms with Crippen molar-refractivity contribution in [3.8, 4) is 0 Å². The van der Waals surface area contributed by atoms with Gasteiger partial charge in [0, 0.05) is 61.7 Å². The maximum atomic E-state index is 12.4. The van der Waals surface area contributed by atoms with Crippen molar-refractivity contribution in [2.75, 3.05) is 0 Å². The molecule has 0 aromatic carbocycles. The predicted octanol–water partition coefficient (Wildman–Crippen LogP) is 6.30. The van der Waals surface area contributed by atoms with Crippen molar-refractivity contribution < 1.29 is 19.1 Å². The summed E-state index contributed by atoms with van der Waals surface area (Å²) in [5.74, 6) is 0.954. The molecule has 0 amide bonds. The molecule has 0 bridgehead atoms. The van der Waals surface area contributed by atoms with Crippen molar-refractivity contribution in [2.24, 2.45) is 11.8 Å². The highest BCUT2D eigenvalue weighted by atomic mass is 16.5. The number of ether oxygens (including phenoxy) is 2. The van der Waals surface area contributed by atoms with Crippen LogP contribution in [0.3, 0.4) is 0 Å². The van der Waals surface area contributed by atoms with Gasteiger partial charge >= 0.3 is 11.9 Å². The van der Waals surface area contributed by atoms with E-state index in [0.29, 0.717) is 36.8 Å². The first-order chi connectivity index (χ1) is 16.8. The molecule has 0 aromatic heterocycles. The van der Waals surface area contributed by atoms with Gasteiger partial charge in [0.1, 0.15) is 12.2 Å². The van der Waals surface area contributed by atoms with Gasteiger partial charge in [0.15, 0.2) is 0 Å². The van der Waals surface area contributed by atoms with Crippen LogP contribution in [-0.4, -0.2) is 47.3 Å². The van der Waals surface area contributed by atoms with Gasteiger partial charge < -0.3 is 20.1 Å². The molecule has 210 valence electrons. The minimum absolute atomic E-state index is 0.00522. The average molecular weight is 509 g/mol. The predicted molar refractivity (Wildman–Crippen MR) is 147 cm³/mol. The fourth-order valence-corrected chi connectivity index (χ4v) is 5.90. The molecule has 4 unspecified atom stereocenters. The monoisotopic (exact) mass is 508 g/mol. The molecular formula is C30H56N2O4. The average Bonchev–Trinajstić information content (AvgIpc) is 2.73. The Kier molecular flexibility index (Phi) is 12.2. The normalized spacial score (nSPS) is 27.7. The lowest BCUT2D eigenvalue weighted by molar-refractivity contribution is -0.153. The first kappa shape index (κ1) is 31.1. The van der Waals surface area contributed by atoms with Gasteiger partial charge in [-0.1, -0.05) is 53.4 Å². The van der Waals surface area contributed by atoms with Crippen LogP contribution in [0.5, 0.6) is 0 Å². The van der Waals surface area contributed by atoms with Crippen molar-refractivity contribution in [3.63, 3.8) is 0 Å².